The number of aliphatic imine (C=N–C) groups is 1. The molecule has 3 rings (SSSR count). The number of aromatic nitrogens is 3. The summed E-state index contributed by atoms with van der Waals surface area (Å²) in [5.41, 5.74) is 2.73. The number of aryl methyl sites for hydroxylation is 2. The van der Waals surface area contributed by atoms with Crippen molar-refractivity contribution in [1.82, 2.24) is 10.3 Å². The van der Waals surface area contributed by atoms with Crippen molar-refractivity contribution in [3.63, 3.8) is 0 Å². The van der Waals surface area contributed by atoms with Crippen LogP contribution in [0.15, 0.2) is 26.8 Å². The lowest BCUT2D eigenvalue weighted by Gasteiger charge is -2.17. The van der Waals surface area contributed by atoms with Crippen molar-refractivity contribution >= 4 is 23.5 Å². The van der Waals surface area contributed by atoms with Crippen molar-refractivity contribution in [3.8, 4) is 6.07 Å². The molecule has 2 aromatic heterocycles. The third-order valence-corrected chi connectivity index (χ3v) is 4.93. The smallest absolute Gasteiger partial charge is 0.320 e. The Balaban J connectivity index is 1.72. The summed E-state index contributed by atoms with van der Waals surface area (Å²) < 4.78 is 6.61. The summed E-state index contributed by atoms with van der Waals surface area (Å²) in [5, 5.41) is 25.8. The van der Waals surface area contributed by atoms with Gasteiger partial charge in [-0.2, -0.15) is 5.26 Å². The van der Waals surface area contributed by atoms with Crippen molar-refractivity contribution in [1.29, 1.82) is 5.26 Å². The van der Waals surface area contributed by atoms with Gasteiger partial charge >= 0.3 is 5.88 Å². The number of thioether (sulfide) groups is 1. The zero-order valence-electron chi connectivity index (χ0n) is 14.2. The number of rotatable bonds is 5. The summed E-state index contributed by atoms with van der Waals surface area (Å²) in [6.07, 6.45) is 5.74. The first kappa shape index (κ1) is 17.4. The zero-order valence-corrected chi connectivity index (χ0v) is 15.0. The van der Waals surface area contributed by atoms with E-state index in [1.54, 1.807) is 10.9 Å². The molecule has 0 N–H and O–H groups in total. The average molecular weight is 357 g/mol. The van der Waals surface area contributed by atoms with E-state index in [1.165, 1.54) is 11.8 Å². The topological polar surface area (TPSA) is 102 Å². The quantitative estimate of drug-likeness (QED) is 0.350. The van der Waals surface area contributed by atoms with Gasteiger partial charge in [0.25, 0.3) is 6.20 Å². The highest BCUT2D eigenvalue weighted by Gasteiger charge is 2.16. The molecule has 0 amide bonds. The van der Waals surface area contributed by atoms with Crippen molar-refractivity contribution in [2.75, 3.05) is 5.75 Å². The van der Waals surface area contributed by atoms with Crippen molar-refractivity contribution in [2.45, 2.75) is 50.6 Å². The number of nitriles is 1. The van der Waals surface area contributed by atoms with E-state index in [2.05, 4.69) is 21.3 Å². The van der Waals surface area contributed by atoms with Crippen molar-refractivity contribution in [2.24, 2.45) is 4.99 Å². The normalized spacial score (nSPS) is 14.4. The van der Waals surface area contributed by atoms with E-state index in [4.69, 9.17) is 4.52 Å². The van der Waals surface area contributed by atoms with Gasteiger partial charge in [0.15, 0.2) is 6.04 Å². The predicted octanol–water partition coefficient (Wildman–Crippen LogP) is 1.87. The minimum Gasteiger partial charge on any atom is -0.861 e. The van der Waals surface area contributed by atoms with Crippen LogP contribution >= 0.6 is 11.8 Å². The molecule has 0 aromatic carbocycles. The van der Waals surface area contributed by atoms with Crippen LogP contribution in [-0.2, 0) is 12.8 Å². The summed E-state index contributed by atoms with van der Waals surface area (Å²) in [4.78, 5) is 8.50. The lowest BCUT2D eigenvalue weighted by Crippen LogP contribution is -2.36. The molecule has 1 aliphatic carbocycles. The third kappa shape index (κ3) is 4.17. The highest BCUT2D eigenvalue weighted by Crippen LogP contribution is 2.27. The summed E-state index contributed by atoms with van der Waals surface area (Å²) in [6, 6.07) is 4.22. The molecule has 2 aromatic rings. The lowest BCUT2D eigenvalue weighted by atomic mass is 9.95. The number of nitrogens with zero attached hydrogens (tertiary/aromatic N) is 5. The first-order chi connectivity index (χ1) is 12.1. The van der Waals surface area contributed by atoms with Crippen molar-refractivity contribution < 1.29 is 14.3 Å². The molecule has 0 bridgehead atoms. The second-order valence-electron chi connectivity index (χ2n) is 6.17. The Morgan fingerprint density at radius 3 is 3.00 bits per heavy atom. The Labute approximate surface area is 150 Å². The Kier molecular flexibility index (Phi) is 5.34. The summed E-state index contributed by atoms with van der Waals surface area (Å²) in [5.74, 6) is -0.0679. The monoisotopic (exact) mass is 357 g/mol. The molecule has 0 saturated carbocycles. The minimum atomic E-state index is -0.347. The van der Waals surface area contributed by atoms with Gasteiger partial charge in [-0.15, -0.1) is 0 Å². The maximum atomic E-state index is 12.1. The van der Waals surface area contributed by atoms with Gasteiger partial charge in [0.05, 0.1) is 5.56 Å². The van der Waals surface area contributed by atoms with E-state index < -0.39 is 0 Å². The Bertz CT molecular complexity index is 838. The minimum absolute atomic E-state index is 0.100. The molecule has 25 heavy (non-hydrogen) atoms. The predicted molar refractivity (Wildman–Crippen MR) is 90.5 cm³/mol. The maximum Gasteiger partial charge on any atom is 0.320 e. The van der Waals surface area contributed by atoms with E-state index in [-0.39, 0.29) is 23.6 Å². The summed E-state index contributed by atoms with van der Waals surface area (Å²) in [7, 11) is 0. The van der Waals surface area contributed by atoms with Gasteiger partial charge in [0.1, 0.15) is 11.1 Å². The molecule has 0 fully saturated rings. The molecule has 0 aliphatic heterocycles. The fourth-order valence-electron chi connectivity index (χ4n) is 2.63. The third-order valence-electron chi connectivity index (χ3n) is 3.95. The number of hydrogen-bond acceptors (Lipinski definition) is 7. The number of pyridine rings is 1. The van der Waals surface area contributed by atoms with E-state index in [0.29, 0.717) is 10.6 Å². The first-order valence-corrected chi connectivity index (χ1v) is 9.24. The molecule has 0 spiro atoms. The van der Waals surface area contributed by atoms with Gasteiger partial charge in [-0.1, -0.05) is 11.8 Å². The standard InChI is InChI=1S/C17H19N5O2S/c1-11(2)22-9-16(24-21-22)20-15(23)10-25-17-13(8-18)7-12-5-3-4-6-14(12)19-17/h7,9,11H,3-6,10H2,1-2H3. The van der Waals surface area contributed by atoms with Crippen LogP contribution in [0.2, 0.25) is 0 Å². The molecule has 2 heterocycles. The first-order valence-electron chi connectivity index (χ1n) is 8.25. The van der Waals surface area contributed by atoms with Crippen LogP contribution in [0.4, 0.5) is 5.88 Å². The summed E-state index contributed by atoms with van der Waals surface area (Å²) >= 11 is 1.24. The molecule has 1 aliphatic rings. The zero-order chi connectivity index (χ0) is 17.8. The van der Waals surface area contributed by atoms with Gasteiger partial charge < -0.3 is 5.11 Å². The molecule has 0 radical (unpaired) electrons. The van der Waals surface area contributed by atoms with Crippen LogP contribution in [0.1, 0.15) is 49.6 Å². The van der Waals surface area contributed by atoms with Crippen LogP contribution in [-0.4, -0.2) is 21.9 Å². The molecule has 8 heteroatoms. The highest BCUT2D eigenvalue weighted by molar-refractivity contribution is 7.99. The van der Waals surface area contributed by atoms with Crippen LogP contribution in [0.5, 0.6) is 0 Å². The van der Waals surface area contributed by atoms with E-state index in [9.17, 15) is 10.4 Å². The second-order valence-corrected chi connectivity index (χ2v) is 7.14. The fraction of sp³-hybridized carbons (Fsp3) is 0.471. The second kappa shape index (κ2) is 7.66. The van der Waals surface area contributed by atoms with Crippen LogP contribution in [0, 0.1) is 11.3 Å². The molecule has 130 valence electrons. The molecule has 0 unspecified atom stereocenters. The largest absolute Gasteiger partial charge is 0.861 e. The van der Waals surface area contributed by atoms with E-state index >= 15 is 0 Å². The number of hydrogen-bond donors (Lipinski definition) is 0. The Morgan fingerprint density at radius 2 is 2.28 bits per heavy atom. The Hall–Kier alpha value is -2.40. The average Bonchev–Trinajstić information content (AvgIpc) is 3.07. The summed E-state index contributed by atoms with van der Waals surface area (Å²) in [6.45, 7) is 3.91. The molecule has 0 saturated heterocycles. The fourth-order valence-corrected chi connectivity index (χ4v) is 3.39. The van der Waals surface area contributed by atoms with Gasteiger partial charge in [0, 0.05) is 11.4 Å². The molecular weight excluding hydrogens is 338 g/mol. The Morgan fingerprint density at radius 1 is 1.48 bits per heavy atom. The van der Waals surface area contributed by atoms with Crippen molar-refractivity contribution in [3.05, 3.63) is 29.1 Å². The lowest BCUT2D eigenvalue weighted by molar-refractivity contribution is -0.779. The van der Waals surface area contributed by atoms with Crippen LogP contribution in [0.25, 0.3) is 0 Å². The van der Waals surface area contributed by atoms with Crippen LogP contribution in [0.3, 0.4) is 0 Å². The molecule has 7 nitrogen and oxygen atoms in total. The van der Waals surface area contributed by atoms with Crippen LogP contribution < -0.4 is 9.79 Å². The number of fused-ring (bicyclic) bond motifs is 1. The van der Waals surface area contributed by atoms with Gasteiger partial charge in [0.2, 0.25) is 5.27 Å². The van der Waals surface area contributed by atoms with E-state index in [1.807, 2.05) is 19.9 Å². The van der Waals surface area contributed by atoms with E-state index in [0.717, 1.165) is 36.9 Å². The van der Waals surface area contributed by atoms with Gasteiger partial charge in [-0.3, -0.25) is 4.52 Å². The maximum absolute atomic E-state index is 12.1. The van der Waals surface area contributed by atoms with Gasteiger partial charge in [-0.05, 0) is 61.7 Å². The molecular formula is C17H19N5O2S. The highest BCUT2D eigenvalue weighted by atomic mass is 32.2. The SMILES string of the molecule is CC(C)[n+]1cc(/N=C(\[O-])CSc2nc3c(cc2C#N)CCCC3)on1. The molecule has 0 atom stereocenters. The van der Waals surface area contributed by atoms with Gasteiger partial charge in [-0.25, -0.2) is 9.98 Å².